The Balaban J connectivity index is 1.41. The van der Waals surface area contributed by atoms with E-state index in [1.807, 2.05) is 18.2 Å². The summed E-state index contributed by atoms with van der Waals surface area (Å²) in [4.78, 5) is 6.00. The minimum absolute atomic E-state index is 0.555. The van der Waals surface area contributed by atoms with E-state index in [4.69, 9.17) is 32.9 Å². The summed E-state index contributed by atoms with van der Waals surface area (Å²) in [5.74, 6) is 0.966. The average Bonchev–Trinajstić information content (AvgIpc) is 3.04. The van der Waals surface area contributed by atoms with Gasteiger partial charge >= 0.3 is 0 Å². The minimum Gasteiger partial charge on any atom is -0.493 e. The Kier molecular flexibility index (Phi) is 5.72. The second-order valence-electron chi connectivity index (χ2n) is 6.89. The summed E-state index contributed by atoms with van der Waals surface area (Å²) < 4.78 is 6.01. The van der Waals surface area contributed by atoms with Crippen LogP contribution in [0.2, 0.25) is 10.0 Å². The Bertz CT molecular complexity index is 967. The average molecular weight is 418 g/mol. The number of rotatable bonds is 5. The van der Waals surface area contributed by atoms with Gasteiger partial charge in [-0.2, -0.15) is 0 Å². The molecule has 0 radical (unpaired) electrons. The van der Waals surface area contributed by atoms with Crippen LogP contribution in [0.25, 0.3) is 10.6 Å². The predicted molar refractivity (Wildman–Crippen MR) is 115 cm³/mol. The standard InChI is InChI=1S/C22H21Cl2NOS/c1-14-21(25-22(27-14)17-7-9-19(23)20(24)13-17)10-11-26-18-8-6-15-4-2-3-5-16(15)12-18/h6-9,12-13H,2-5,10-11H2,1H3. The van der Waals surface area contributed by atoms with Crippen LogP contribution in [0.3, 0.4) is 0 Å². The lowest BCUT2D eigenvalue weighted by molar-refractivity contribution is 0.320. The van der Waals surface area contributed by atoms with Crippen molar-refractivity contribution in [2.24, 2.45) is 0 Å². The van der Waals surface area contributed by atoms with E-state index in [1.54, 1.807) is 11.3 Å². The molecular weight excluding hydrogens is 397 g/mol. The third-order valence-electron chi connectivity index (χ3n) is 4.99. The number of hydrogen-bond donors (Lipinski definition) is 0. The van der Waals surface area contributed by atoms with Gasteiger partial charge in [-0.15, -0.1) is 11.3 Å². The van der Waals surface area contributed by atoms with Crippen molar-refractivity contribution >= 4 is 34.5 Å². The Morgan fingerprint density at radius 3 is 2.63 bits per heavy atom. The molecule has 1 aliphatic carbocycles. The molecule has 0 saturated carbocycles. The quantitative estimate of drug-likeness (QED) is 0.448. The van der Waals surface area contributed by atoms with Crippen molar-refractivity contribution in [3.63, 3.8) is 0 Å². The molecule has 0 unspecified atom stereocenters. The van der Waals surface area contributed by atoms with Crippen molar-refractivity contribution in [3.8, 4) is 16.3 Å². The molecule has 1 aliphatic rings. The highest BCUT2D eigenvalue weighted by molar-refractivity contribution is 7.15. The summed E-state index contributed by atoms with van der Waals surface area (Å²) >= 11 is 13.8. The summed E-state index contributed by atoms with van der Waals surface area (Å²) in [6.45, 7) is 2.73. The number of aromatic nitrogens is 1. The first kappa shape index (κ1) is 18.8. The number of benzene rings is 2. The van der Waals surface area contributed by atoms with Gasteiger partial charge in [-0.1, -0.05) is 35.3 Å². The van der Waals surface area contributed by atoms with Gasteiger partial charge in [0.1, 0.15) is 10.8 Å². The molecule has 3 aromatic rings. The van der Waals surface area contributed by atoms with Crippen LogP contribution >= 0.6 is 34.5 Å². The lowest BCUT2D eigenvalue weighted by atomic mass is 9.92. The van der Waals surface area contributed by atoms with Crippen LogP contribution in [-0.4, -0.2) is 11.6 Å². The van der Waals surface area contributed by atoms with E-state index in [1.165, 1.54) is 41.7 Å². The monoisotopic (exact) mass is 417 g/mol. The minimum atomic E-state index is 0.555. The topological polar surface area (TPSA) is 22.1 Å². The largest absolute Gasteiger partial charge is 0.493 e. The highest BCUT2D eigenvalue weighted by atomic mass is 35.5. The van der Waals surface area contributed by atoms with Gasteiger partial charge in [-0.3, -0.25) is 0 Å². The predicted octanol–water partition coefficient (Wildman–Crippen LogP) is 6.93. The zero-order valence-electron chi connectivity index (χ0n) is 15.2. The number of aryl methyl sites for hydroxylation is 3. The second-order valence-corrected chi connectivity index (χ2v) is 8.90. The van der Waals surface area contributed by atoms with Gasteiger partial charge in [-0.05, 0) is 68.0 Å². The van der Waals surface area contributed by atoms with E-state index in [2.05, 4.69) is 25.1 Å². The van der Waals surface area contributed by atoms with E-state index in [9.17, 15) is 0 Å². The molecule has 0 bridgehead atoms. The number of halogens is 2. The highest BCUT2D eigenvalue weighted by Gasteiger charge is 2.12. The lowest BCUT2D eigenvalue weighted by Gasteiger charge is -2.16. The van der Waals surface area contributed by atoms with Gasteiger partial charge in [0.2, 0.25) is 0 Å². The molecule has 1 aromatic heterocycles. The number of hydrogen-bond acceptors (Lipinski definition) is 3. The SMILES string of the molecule is Cc1sc(-c2ccc(Cl)c(Cl)c2)nc1CCOc1ccc2c(c1)CCCC2. The summed E-state index contributed by atoms with van der Waals surface area (Å²) in [5, 5.41) is 2.08. The van der Waals surface area contributed by atoms with Crippen LogP contribution in [0.4, 0.5) is 0 Å². The molecule has 2 nitrogen and oxygen atoms in total. The second kappa shape index (κ2) is 8.22. The highest BCUT2D eigenvalue weighted by Crippen LogP contribution is 2.32. The Morgan fingerprint density at radius 2 is 1.81 bits per heavy atom. The lowest BCUT2D eigenvalue weighted by Crippen LogP contribution is -2.05. The fraction of sp³-hybridized carbons (Fsp3) is 0.318. The molecule has 2 aromatic carbocycles. The smallest absolute Gasteiger partial charge is 0.123 e. The molecule has 5 heteroatoms. The van der Waals surface area contributed by atoms with E-state index >= 15 is 0 Å². The Labute approximate surface area is 174 Å². The van der Waals surface area contributed by atoms with Crippen LogP contribution in [0.5, 0.6) is 5.75 Å². The van der Waals surface area contributed by atoms with E-state index < -0.39 is 0 Å². The summed E-state index contributed by atoms with van der Waals surface area (Å²) in [6.07, 6.45) is 5.75. The fourth-order valence-electron chi connectivity index (χ4n) is 3.48. The molecule has 140 valence electrons. The summed E-state index contributed by atoms with van der Waals surface area (Å²) in [6, 6.07) is 12.2. The number of thiazole rings is 1. The van der Waals surface area contributed by atoms with Gasteiger partial charge in [0.25, 0.3) is 0 Å². The zero-order valence-corrected chi connectivity index (χ0v) is 17.6. The third-order valence-corrected chi connectivity index (χ3v) is 6.79. The van der Waals surface area contributed by atoms with Crippen molar-refractivity contribution in [2.75, 3.05) is 6.61 Å². The molecule has 4 rings (SSSR count). The van der Waals surface area contributed by atoms with Crippen molar-refractivity contribution in [3.05, 3.63) is 68.1 Å². The van der Waals surface area contributed by atoms with Gasteiger partial charge in [-0.25, -0.2) is 4.98 Å². The first-order valence-electron chi connectivity index (χ1n) is 9.26. The molecule has 27 heavy (non-hydrogen) atoms. The molecule has 0 saturated heterocycles. The van der Waals surface area contributed by atoms with Crippen molar-refractivity contribution in [1.82, 2.24) is 4.98 Å². The fourth-order valence-corrected chi connectivity index (χ4v) is 4.73. The summed E-state index contributed by atoms with van der Waals surface area (Å²) in [7, 11) is 0. The van der Waals surface area contributed by atoms with Crippen molar-refractivity contribution in [2.45, 2.75) is 39.0 Å². The Hall–Kier alpha value is -1.55. The number of ether oxygens (including phenoxy) is 1. The maximum absolute atomic E-state index is 6.14. The molecule has 0 atom stereocenters. The van der Waals surface area contributed by atoms with Crippen LogP contribution in [0.15, 0.2) is 36.4 Å². The molecule has 0 spiro atoms. The molecule has 0 amide bonds. The van der Waals surface area contributed by atoms with Crippen LogP contribution in [0.1, 0.15) is 34.5 Å². The first-order chi connectivity index (χ1) is 13.1. The van der Waals surface area contributed by atoms with Gasteiger partial charge in [0.05, 0.1) is 22.3 Å². The third kappa shape index (κ3) is 4.31. The number of nitrogens with zero attached hydrogens (tertiary/aromatic N) is 1. The van der Waals surface area contributed by atoms with Crippen molar-refractivity contribution < 1.29 is 4.74 Å². The van der Waals surface area contributed by atoms with Gasteiger partial charge < -0.3 is 4.74 Å². The van der Waals surface area contributed by atoms with E-state index in [-0.39, 0.29) is 0 Å². The van der Waals surface area contributed by atoms with Crippen LogP contribution in [-0.2, 0) is 19.3 Å². The van der Waals surface area contributed by atoms with E-state index in [0.717, 1.165) is 28.4 Å². The van der Waals surface area contributed by atoms with Crippen molar-refractivity contribution in [1.29, 1.82) is 0 Å². The maximum Gasteiger partial charge on any atom is 0.123 e. The van der Waals surface area contributed by atoms with Crippen LogP contribution < -0.4 is 4.74 Å². The maximum atomic E-state index is 6.14. The van der Waals surface area contributed by atoms with Crippen LogP contribution in [0, 0.1) is 6.92 Å². The van der Waals surface area contributed by atoms with E-state index in [0.29, 0.717) is 16.7 Å². The molecular formula is C22H21Cl2NOS. The zero-order chi connectivity index (χ0) is 18.8. The first-order valence-corrected chi connectivity index (χ1v) is 10.8. The van der Waals surface area contributed by atoms with Gasteiger partial charge in [0, 0.05) is 16.9 Å². The molecule has 1 heterocycles. The van der Waals surface area contributed by atoms with Gasteiger partial charge in [0.15, 0.2) is 0 Å². The molecule has 0 N–H and O–H groups in total. The molecule has 0 aliphatic heterocycles. The number of fused-ring (bicyclic) bond motifs is 1. The Morgan fingerprint density at radius 1 is 1.00 bits per heavy atom. The summed E-state index contributed by atoms with van der Waals surface area (Å²) in [5.41, 5.74) is 5.01. The molecule has 0 fully saturated rings. The normalized spacial score (nSPS) is 13.4.